The first-order valence-corrected chi connectivity index (χ1v) is 7.99. The van der Waals surface area contributed by atoms with Crippen LogP contribution in [-0.4, -0.2) is 15.0 Å². The normalized spacial score (nSPS) is 10.6. The summed E-state index contributed by atoms with van der Waals surface area (Å²) in [7, 11) is 0. The first kappa shape index (κ1) is 16.1. The lowest BCUT2D eigenvalue weighted by atomic mass is 10.2. The van der Waals surface area contributed by atoms with Crippen LogP contribution < -0.4 is 11.2 Å². The van der Waals surface area contributed by atoms with Crippen LogP contribution in [0.4, 0.5) is 0 Å². The zero-order valence-electron chi connectivity index (χ0n) is 12.8. The summed E-state index contributed by atoms with van der Waals surface area (Å²) in [6, 6.07) is 15.3. The van der Waals surface area contributed by atoms with Crippen LogP contribution in [0.5, 0.6) is 0 Å². The maximum absolute atomic E-state index is 12.7. The van der Waals surface area contributed by atoms with E-state index in [0.717, 1.165) is 4.47 Å². The summed E-state index contributed by atoms with van der Waals surface area (Å²) in [5, 5.41) is 0. The van der Waals surface area contributed by atoms with E-state index in [2.05, 4.69) is 15.9 Å². The fourth-order valence-electron chi connectivity index (χ4n) is 2.35. The second-order valence-corrected chi connectivity index (χ2v) is 6.17. The third-order valence-corrected chi connectivity index (χ3v) is 4.12. The molecule has 6 heteroatoms. The molecule has 1 aromatic heterocycles. The van der Waals surface area contributed by atoms with E-state index >= 15 is 0 Å². The summed E-state index contributed by atoms with van der Waals surface area (Å²) >= 11 is 3.33. The molecule has 0 saturated carbocycles. The van der Waals surface area contributed by atoms with Gasteiger partial charge in [-0.1, -0.05) is 34.1 Å². The van der Waals surface area contributed by atoms with E-state index in [1.807, 2.05) is 0 Å². The molecule has 0 spiro atoms. The molecule has 120 valence electrons. The highest BCUT2D eigenvalue weighted by Crippen LogP contribution is 2.12. The molecule has 0 aliphatic heterocycles. The number of nitrogens with zero attached hydrogens (tertiary/aromatic N) is 2. The van der Waals surface area contributed by atoms with Gasteiger partial charge in [0.25, 0.3) is 11.5 Å². The predicted molar refractivity (Wildman–Crippen MR) is 94.9 cm³/mol. The second kappa shape index (κ2) is 6.41. The number of benzene rings is 2. The fraction of sp³-hybridized carbons (Fsp3) is 0.0556. The molecule has 2 aromatic carbocycles. The Morgan fingerprint density at radius 3 is 2.21 bits per heavy atom. The first-order chi connectivity index (χ1) is 11.5. The standard InChI is InChI=1S/C18H13BrN2O3/c1-12-11-20(15-9-7-14(19)8-10-15)18(24)21(16(12)22)17(23)13-5-3-2-4-6-13/h2-11H,1H3. The molecule has 0 saturated heterocycles. The Labute approximate surface area is 145 Å². The van der Waals surface area contributed by atoms with Crippen molar-refractivity contribution in [3.05, 3.63) is 97.2 Å². The second-order valence-electron chi connectivity index (χ2n) is 5.25. The molecule has 5 nitrogen and oxygen atoms in total. The van der Waals surface area contributed by atoms with Gasteiger partial charge in [0.1, 0.15) is 0 Å². The average molecular weight is 385 g/mol. The highest BCUT2D eigenvalue weighted by Gasteiger charge is 2.17. The van der Waals surface area contributed by atoms with Crippen molar-refractivity contribution in [3.63, 3.8) is 0 Å². The molecule has 0 fully saturated rings. The van der Waals surface area contributed by atoms with E-state index in [1.165, 1.54) is 10.8 Å². The number of carbonyl (C=O) groups excluding carboxylic acids is 1. The molecular weight excluding hydrogens is 372 g/mol. The van der Waals surface area contributed by atoms with Gasteiger partial charge in [0.2, 0.25) is 0 Å². The van der Waals surface area contributed by atoms with Gasteiger partial charge in [0.15, 0.2) is 0 Å². The zero-order chi connectivity index (χ0) is 17.3. The first-order valence-electron chi connectivity index (χ1n) is 7.20. The fourth-order valence-corrected chi connectivity index (χ4v) is 2.61. The Bertz CT molecular complexity index is 1020. The lowest BCUT2D eigenvalue weighted by Gasteiger charge is -2.11. The molecule has 1 heterocycles. The molecule has 0 radical (unpaired) electrons. The van der Waals surface area contributed by atoms with Gasteiger partial charge in [-0.25, -0.2) is 4.79 Å². The lowest BCUT2D eigenvalue weighted by molar-refractivity contribution is 0.0949. The summed E-state index contributed by atoms with van der Waals surface area (Å²) in [5.41, 5.74) is -0.142. The summed E-state index contributed by atoms with van der Waals surface area (Å²) in [6.07, 6.45) is 1.45. The molecule has 0 aliphatic carbocycles. The number of hydrogen-bond donors (Lipinski definition) is 0. The van der Waals surface area contributed by atoms with Gasteiger partial charge < -0.3 is 0 Å². The van der Waals surface area contributed by atoms with Crippen LogP contribution in [0.2, 0.25) is 0 Å². The number of aromatic nitrogens is 2. The SMILES string of the molecule is Cc1cn(-c2ccc(Br)cc2)c(=O)n(C(=O)c2ccccc2)c1=O. The van der Waals surface area contributed by atoms with Crippen molar-refractivity contribution in [2.24, 2.45) is 0 Å². The minimum atomic E-state index is -0.693. The third kappa shape index (κ3) is 2.88. The number of halogens is 1. The van der Waals surface area contributed by atoms with Crippen LogP contribution in [-0.2, 0) is 0 Å². The summed E-state index contributed by atoms with van der Waals surface area (Å²) in [4.78, 5) is 37.7. The topological polar surface area (TPSA) is 61.1 Å². The van der Waals surface area contributed by atoms with Gasteiger partial charge in [0, 0.05) is 21.8 Å². The van der Waals surface area contributed by atoms with Gasteiger partial charge in [0.05, 0.1) is 5.69 Å². The Hall–Kier alpha value is -2.73. The summed E-state index contributed by atoms with van der Waals surface area (Å²) < 4.78 is 2.83. The predicted octanol–water partition coefficient (Wildman–Crippen LogP) is 2.76. The van der Waals surface area contributed by atoms with E-state index in [1.54, 1.807) is 61.5 Å². The van der Waals surface area contributed by atoms with E-state index in [-0.39, 0.29) is 5.56 Å². The Morgan fingerprint density at radius 1 is 0.958 bits per heavy atom. The van der Waals surface area contributed by atoms with Crippen LogP contribution in [0.25, 0.3) is 5.69 Å². The van der Waals surface area contributed by atoms with Crippen LogP contribution >= 0.6 is 15.9 Å². The Balaban J connectivity index is 2.24. The summed E-state index contributed by atoms with van der Waals surface area (Å²) in [5.74, 6) is -0.639. The quantitative estimate of drug-likeness (QED) is 0.682. The number of carbonyl (C=O) groups is 1. The monoisotopic (exact) mass is 384 g/mol. The van der Waals surface area contributed by atoms with Gasteiger partial charge in [-0.05, 0) is 43.3 Å². The lowest BCUT2D eigenvalue weighted by Crippen LogP contribution is -2.44. The maximum Gasteiger partial charge on any atom is 0.342 e. The number of hydrogen-bond acceptors (Lipinski definition) is 3. The van der Waals surface area contributed by atoms with Gasteiger partial charge in [-0.2, -0.15) is 4.57 Å². The van der Waals surface area contributed by atoms with Crippen molar-refractivity contribution < 1.29 is 4.79 Å². The van der Waals surface area contributed by atoms with Crippen molar-refractivity contribution in [2.45, 2.75) is 6.92 Å². The molecule has 3 aromatic rings. The minimum Gasteiger partial charge on any atom is -0.269 e. The summed E-state index contributed by atoms with van der Waals surface area (Å²) in [6.45, 7) is 1.58. The van der Waals surface area contributed by atoms with Gasteiger partial charge in [-0.15, -0.1) is 0 Å². The molecule has 0 N–H and O–H groups in total. The smallest absolute Gasteiger partial charge is 0.269 e. The van der Waals surface area contributed by atoms with Crippen LogP contribution in [0.1, 0.15) is 15.9 Å². The maximum atomic E-state index is 12.7. The molecule has 0 aliphatic rings. The zero-order valence-corrected chi connectivity index (χ0v) is 14.4. The van der Waals surface area contributed by atoms with E-state index in [0.29, 0.717) is 15.8 Å². The van der Waals surface area contributed by atoms with Crippen molar-refractivity contribution in [1.82, 2.24) is 9.13 Å². The largest absolute Gasteiger partial charge is 0.342 e. The molecule has 0 atom stereocenters. The highest BCUT2D eigenvalue weighted by atomic mass is 79.9. The Morgan fingerprint density at radius 2 is 1.58 bits per heavy atom. The highest BCUT2D eigenvalue weighted by molar-refractivity contribution is 9.10. The van der Waals surface area contributed by atoms with Gasteiger partial charge >= 0.3 is 5.69 Å². The average Bonchev–Trinajstić information content (AvgIpc) is 2.60. The van der Waals surface area contributed by atoms with Crippen LogP contribution in [0.3, 0.4) is 0 Å². The molecule has 3 rings (SSSR count). The molecule has 0 bridgehead atoms. The molecule has 0 unspecified atom stereocenters. The van der Waals surface area contributed by atoms with Gasteiger partial charge in [-0.3, -0.25) is 14.2 Å². The number of aryl methyl sites for hydroxylation is 1. The van der Waals surface area contributed by atoms with E-state index in [4.69, 9.17) is 0 Å². The van der Waals surface area contributed by atoms with Crippen molar-refractivity contribution in [1.29, 1.82) is 0 Å². The molecular formula is C18H13BrN2O3. The molecule has 0 amide bonds. The third-order valence-electron chi connectivity index (χ3n) is 3.59. The minimum absolute atomic E-state index is 0.282. The van der Waals surface area contributed by atoms with Crippen molar-refractivity contribution in [3.8, 4) is 5.69 Å². The van der Waals surface area contributed by atoms with E-state index in [9.17, 15) is 14.4 Å². The van der Waals surface area contributed by atoms with Crippen LogP contribution in [0.15, 0.2) is 74.9 Å². The van der Waals surface area contributed by atoms with E-state index < -0.39 is 17.2 Å². The van der Waals surface area contributed by atoms with Crippen LogP contribution in [0, 0.1) is 6.92 Å². The Kier molecular flexibility index (Phi) is 4.31. The van der Waals surface area contributed by atoms with Crippen molar-refractivity contribution in [2.75, 3.05) is 0 Å². The molecule has 24 heavy (non-hydrogen) atoms. The van der Waals surface area contributed by atoms with Crippen molar-refractivity contribution >= 4 is 21.8 Å². The number of rotatable bonds is 2.